The molecule has 1 aromatic carbocycles. The zero-order chi connectivity index (χ0) is 15.7. The molecular formula is C15H19N3O4. The molecule has 0 atom stereocenters. The zero-order valence-electron chi connectivity index (χ0n) is 12.4. The van der Waals surface area contributed by atoms with Gasteiger partial charge in [-0.2, -0.15) is 0 Å². The van der Waals surface area contributed by atoms with Crippen molar-refractivity contribution < 1.29 is 14.3 Å². The largest absolute Gasteiger partial charge is 0.419 e. The Balaban J connectivity index is 1.63. The Hall–Kier alpha value is -2.28. The summed E-state index contributed by atoms with van der Waals surface area (Å²) in [7, 11) is 1.63. The van der Waals surface area contributed by atoms with Crippen LogP contribution in [-0.4, -0.2) is 28.9 Å². The number of hydrogen-bond acceptors (Lipinski definition) is 4. The average molecular weight is 305 g/mol. The van der Waals surface area contributed by atoms with Crippen molar-refractivity contribution in [2.75, 3.05) is 18.5 Å². The lowest BCUT2D eigenvalue weighted by molar-refractivity contribution is 0.234. The van der Waals surface area contributed by atoms with E-state index >= 15 is 0 Å². The SMILES string of the molecule is Cn1c(=O)oc2cc(NC(=O)NCC3(CCO)CC3)ccc21. The monoisotopic (exact) mass is 305 g/mol. The Labute approximate surface area is 126 Å². The van der Waals surface area contributed by atoms with E-state index < -0.39 is 5.76 Å². The number of nitrogens with zero attached hydrogens (tertiary/aromatic N) is 1. The predicted molar refractivity (Wildman–Crippen MR) is 81.8 cm³/mol. The summed E-state index contributed by atoms with van der Waals surface area (Å²) in [5.41, 5.74) is 1.74. The van der Waals surface area contributed by atoms with E-state index in [-0.39, 0.29) is 18.1 Å². The van der Waals surface area contributed by atoms with Crippen LogP contribution < -0.4 is 16.4 Å². The van der Waals surface area contributed by atoms with Gasteiger partial charge in [-0.3, -0.25) is 4.57 Å². The number of aliphatic hydroxyl groups excluding tert-OH is 1. The molecule has 1 fully saturated rings. The van der Waals surface area contributed by atoms with Gasteiger partial charge >= 0.3 is 11.8 Å². The van der Waals surface area contributed by atoms with Gasteiger partial charge in [-0.1, -0.05) is 0 Å². The molecule has 118 valence electrons. The summed E-state index contributed by atoms with van der Waals surface area (Å²) in [5, 5.41) is 14.5. The van der Waals surface area contributed by atoms with Crippen LogP contribution in [0.1, 0.15) is 19.3 Å². The molecule has 3 N–H and O–H groups in total. The van der Waals surface area contributed by atoms with Crippen LogP contribution in [0.15, 0.2) is 27.4 Å². The summed E-state index contributed by atoms with van der Waals surface area (Å²) >= 11 is 0. The van der Waals surface area contributed by atoms with Crippen molar-refractivity contribution in [2.45, 2.75) is 19.3 Å². The van der Waals surface area contributed by atoms with Gasteiger partial charge in [0.1, 0.15) is 0 Å². The van der Waals surface area contributed by atoms with Crippen LogP contribution in [0.25, 0.3) is 11.1 Å². The molecule has 2 amide bonds. The molecule has 1 heterocycles. The number of rotatable bonds is 5. The molecule has 0 aliphatic heterocycles. The Morgan fingerprint density at radius 3 is 2.91 bits per heavy atom. The van der Waals surface area contributed by atoms with Crippen molar-refractivity contribution in [3.63, 3.8) is 0 Å². The molecular weight excluding hydrogens is 286 g/mol. The van der Waals surface area contributed by atoms with Crippen LogP contribution in [0.2, 0.25) is 0 Å². The second-order valence-electron chi connectivity index (χ2n) is 5.89. The van der Waals surface area contributed by atoms with E-state index in [1.54, 1.807) is 25.2 Å². The van der Waals surface area contributed by atoms with Gasteiger partial charge in [0.25, 0.3) is 0 Å². The van der Waals surface area contributed by atoms with E-state index in [4.69, 9.17) is 9.52 Å². The number of nitrogens with one attached hydrogen (secondary N) is 2. The third-order valence-corrected chi connectivity index (χ3v) is 4.27. The fourth-order valence-electron chi connectivity index (χ4n) is 2.58. The highest BCUT2D eigenvalue weighted by molar-refractivity contribution is 5.91. The summed E-state index contributed by atoms with van der Waals surface area (Å²) < 4.78 is 6.49. The van der Waals surface area contributed by atoms with E-state index in [0.29, 0.717) is 29.8 Å². The molecule has 1 aliphatic carbocycles. The maximum Gasteiger partial charge on any atom is 0.419 e. The van der Waals surface area contributed by atoms with Gasteiger partial charge < -0.3 is 20.2 Å². The highest BCUT2D eigenvalue weighted by Crippen LogP contribution is 2.47. The van der Waals surface area contributed by atoms with Crippen molar-refractivity contribution in [1.82, 2.24) is 9.88 Å². The molecule has 7 nitrogen and oxygen atoms in total. The number of carbonyl (C=O) groups excluding carboxylic acids is 1. The van der Waals surface area contributed by atoms with E-state index in [2.05, 4.69) is 10.6 Å². The first kappa shape index (κ1) is 14.6. The van der Waals surface area contributed by atoms with Crippen molar-refractivity contribution >= 4 is 22.8 Å². The molecule has 0 saturated heterocycles. The van der Waals surface area contributed by atoms with E-state index in [0.717, 1.165) is 12.8 Å². The second-order valence-corrected chi connectivity index (χ2v) is 5.89. The zero-order valence-corrected chi connectivity index (χ0v) is 12.4. The topological polar surface area (TPSA) is 96.5 Å². The van der Waals surface area contributed by atoms with Crippen LogP contribution in [-0.2, 0) is 7.05 Å². The van der Waals surface area contributed by atoms with Gasteiger partial charge in [0.15, 0.2) is 5.58 Å². The first-order valence-electron chi connectivity index (χ1n) is 7.28. The number of hydrogen-bond donors (Lipinski definition) is 3. The number of benzene rings is 1. The maximum atomic E-state index is 11.9. The van der Waals surface area contributed by atoms with Crippen LogP contribution in [0.3, 0.4) is 0 Å². The van der Waals surface area contributed by atoms with E-state index in [9.17, 15) is 9.59 Å². The molecule has 1 saturated carbocycles. The van der Waals surface area contributed by atoms with Crippen LogP contribution in [0.4, 0.5) is 10.5 Å². The summed E-state index contributed by atoms with van der Waals surface area (Å²) in [6, 6.07) is 4.76. The lowest BCUT2D eigenvalue weighted by Crippen LogP contribution is -2.34. The normalized spacial score (nSPS) is 15.7. The molecule has 2 aromatic rings. The summed E-state index contributed by atoms with van der Waals surface area (Å²) in [6.45, 7) is 0.703. The fourth-order valence-corrected chi connectivity index (χ4v) is 2.58. The first-order chi connectivity index (χ1) is 10.5. The van der Waals surface area contributed by atoms with Gasteiger partial charge in [0, 0.05) is 32.0 Å². The van der Waals surface area contributed by atoms with Gasteiger partial charge in [-0.05, 0) is 36.8 Å². The molecule has 0 spiro atoms. The quantitative estimate of drug-likeness (QED) is 0.778. The Kier molecular flexibility index (Phi) is 3.66. The number of carbonyl (C=O) groups is 1. The Morgan fingerprint density at radius 2 is 2.23 bits per heavy atom. The predicted octanol–water partition coefficient (Wildman–Crippen LogP) is 1.42. The Bertz CT molecular complexity index is 758. The number of aryl methyl sites for hydroxylation is 1. The maximum absolute atomic E-state index is 11.9. The molecule has 1 aromatic heterocycles. The Morgan fingerprint density at radius 1 is 1.45 bits per heavy atom. The summed E-state index contributed by atoms with van der Waals surface area (Å²) in [6.07, 6.45) is 2.79. The van der Waals surface area contributed by atoms with Crippen LogP contribution >= 0.6 is 0 Å². The average Bonchev–Trinajstić information content (AvgIpc) is 3.19. The fraction of sp³-hybridized carbons (Fsp3) is 0.467. The third-order valence-electron chi connectivity index (χ3n) is 4.27. The van der Waals surface area contributed by atoms with E-state index in [1.807, 2.05) is 0 Å². The molecule has 7 heteroatoms. The second kappa shape index (κ2) is 5.49. The lowest BCUT2D eigenvalue weighted by Gasteiger charge is -2.15. The summed E-state index contributed by atoms with van der Waals surface area (Å²) in [4.78, 5) is 23.3. The minimum absolute atomic E-state index is 0.0717. The first-order valence-corrected chi connectivity index (χ1v) is 7.28. The molecule has 0 bridgehead atoms. The third kappa shape index (κ3) is 2.85. The number of fused-ring (bicyclic) bond motifs is 1. The van der Waals surface area contributed by atoms with E-state index in [1.165, 1.54) is 4.57 Å². The van der Waals surface area contributed by atoms with Crippen molar-refractivity contribution in [3.05, 3.63) is 28.7 Å². The number of oxazole rings is 1. The lowest BCUT2D eigenvalue weighted by atomic mass is 10.0. The molecule has 22 heavy (non-hydrogen) atoms. The molecule has 0 radical (unpaired) electrons. The van der Waals surface area contributed by atoms with Gasteiger partial charge in [0.05, 0.1) is 5.52 Å². The number of urea groups is 1. The standard InChI is InChI=1S/C15H19N3O4/c1-18-11-3-2-10(8-12(11)22-14(18)21)17-13(20)16-9-15(4-5-15)6-7-19/h2-3,8,19H,4-7,9H2,1H3,(H2,16,17,20). The van der Waals surface area contributed by atoms with Gasteiger partial charge in [-0.25, -0.2) is 9.59 Å². The molecule has 0 unspecified atom stereocenters. The molecule has 3 rings (SSSR count). The number of amides is 2. The van der Waals surface area contributed by atoms with Crippen molar-refractivity contribution in [2.24, 2.45) is 12.5 Å². The number of aromatic nitrogens is 1. The minimum atomic E-state index is -0.434. The van der Waals surface area contributed by atoms with Crippen LogP contribution in [0.5, 0.6) is 0 Å². The summed E-state index contributed by atoms with van der Waals surface area (Å²) in [5.74, 6) is -0.434. The smallest absolute Gasteiger partial charge is 0.408 e. The highest BCUT2D eigenvalue weighted by Gasteiger charge is 2.41. The van der Waals surface area contributed by atoms with Gasteiger partial charge in [0.2, 0.25) is 0 Å². The van der Waals surface area contributed by atoms with Gasteiger partial charge in [-0.15, -0.1) is 0 Å². The highest BCUT2D eigenvalue weighted by atomic mass is 16.4. The van der Waals surface area contributed by atoms with Crippen LogP contribution in [0, 0.1) is 5.41 Å². The van der Waals surface area contributed by atoms with Crippen molar-refractivity contribution in [1.29, 1.82) is 0 Å². The van der Waals surface area contributed by atoms with Crippen molar-refractivity contribution in [3.8, 4) is 0 Å². The molecule has 1 aliphatic rings. The minimum Gasteiger partial charge on any atom is -0.408 e. The number of aliphatic hydroxyl groups is 1. The number of anilines is 1.